The first-order valence-electron chi connectivity index (χ1n) is 7.17. The molecule has 2 nitrogen and oxygen atoms in total. The van der Waals surface area contributed by atoms with Crippen LogP contribution in [-0.4, -0.2) is 11.9 Å². The topological polar surface area (TPSA) is 29.1 Å². The fourth-order valence-electron chi connectivity index (χ4n) is 2.21. The zero-order valence-corrected chi connectivity index (χ0v) is 14.0. The number of amides is 1. The van der Waals surface area contributed by atoms with Gasteiger partial charge in [-0.3, -0.25) is 4.79 Å². The molecule has 0 aliphatic carbocycles. The molecule has 1 atom stereocenters. The summed E-state index contributed by atoms with van der Waals surface area (Å²) in [5.41, 5.74) is 3.08. The molecular weight excluding hydrogens is 326 g/mol. The second-order valence-electron chi connectivity index (χ2n) is 5.38. The zero-order chi connectivity index (χ0) is 15.2. The van der Waals surface area contributed by atoms with Gasteiger partial charge in [0.05, 0.1) is 5.56 Å². The molecule has 21 heavy (non-hydrogen) atoms. The SMILES string of the molecule is Cc1ccc(Br)c(C(=O)NC(C)CCc2ccccc2)c1. The normalized spacial score (nSPS) is 12.0. The van der Waals surface area contributed by atoms with Crippen molar-refractivity contribution < 1.29 is 4.79 Å². The molecule has 0 bridgehead atoms. The second-order valence-corrected chi connectivity index (χ2v) is 6.24. The first kappa shape index (κ1) is 15.8. The monoisotopic (exact) mass is 345 g/mol. The molecule has 1 amide bonds. The quantitative estimate of drug-likeness (QED) is 0.848. The van der Waals surface area contributed by atoms with Crippen LogP contribution in [0.1, 0.15) is 34.8 Å². The molecule has 0 radical (unpaired) electrons. The average Bonchev–Trinajstić information content (AvgIpc) is 2.48. The van der Waals surface area contributed by atoms with Gasteiger partial charge in [0.15, 0.2) is 0 Å². The highest BCUT2D eigenvalue weighted by Gasteiger charge is 2.13. The lowest BCUT2D eigenvalue weighted by Crippen LogP contribution is -2.33. The molecule has 0 aliphatic heterocycles. The molecule has 0 saturated heterocycles. The van der Waals surface area contributed by atoms with Gasteiger partial charge in [-0.05, 0) is 60.3 Å². The van der Waals surface area contributed by atoms with E-state index in [4.69, 9.17) is 0 Å². The van der Waals surface area contributed by atoms with Crippen molar-refractivity contribution in [3.05, 3.63) is 69.7 Å². The van der Waals surface area contributed by atoms with E-state index >= 15 is 0 Å². The summed E-state index contributed by atoms with van der Waals surface area (Å²) in [5, 5.41) is 3.07. The first-order valence-corrected chi connectivity index (χ1v) is 7.96. The van der Waals surface area contributed by atoms with E-state index in [-0.39, 0.29) is 11.9 Å². The third kappa shape index (κ3) is 4.71. The summed E-state index contributed by atoms with van der Waals surface area (Å²) in [4.78, 5) is 12.3. The summed E-state index contributed by atoms with van der Waals surface area (Å²) in [6.45, 7) is 4.03. The van der Waals surface area contributed by atoms with Crippen LogP contribution in [0.2, 0.25) is 0 Å². The van der Waals surface area contributed by atoms with Crippen LogP contribution in [0.5, 0.6) is 0 Å². The lowest BCUT2D eigenvalue weighted by molar-refractivity contribution is 0.0937. The van der Waals surface area contributed by atoms with Gasteiger partial charge in [-0.25, -0.2) is 0 Å². The minimum absolute atomic E-state index is 0.0221. The summed E-state index contributed by atoms with van der Waals surface area (Å²) in [6.07, 6.45) is 1.90. The summed E-state index contributed by atoms with van der Waals surface area (Å²) in [7, 11) is 0. The van der Waals surface area contributed by atoms with Gasteiger partial charge < -0.3 is 5.32 Å². The summed E-state index contributed by atoms with van der Waals surface area (Å²) in [5.74, 6) is -0.0221. The summed E-state index contributed by atoms with van der Waals surface area (Å²) in [6, 6.07) is 16.3. The minimum Gasteiger partial charge on any atom is -0.350 e. The largest absolute Gasteiger partial charge is 0.350 e. The van der Waals surface area contributed by atoms with E-state index < -0.39 is 0 Å². The van der Waals surface area contributed by atoms with Gasteiger partial charge in [0.2, 0.25) is 0 Å². The number of halogens is 1. The molecular formula is C18H20BrNO. The predicted molar refractivity (Wildman–Crippen MR) is 90.6 cm³/mol. The van der Waals surface area contributed by atoms with E-state index in [1.54, 1.807) is 0 Å². The second kappa shape index (κ2) is 7.41. The van der Waals surface area contributed by atoms with Crippen molar-refractivity contribution in [3.8, 4) is 0 Å². The Morgan fingerprint density at radius 3 is 2.62 bits per heavy atom. The van der Waals surface area contributed by atoms with E-state index in [9.17, 15) is 4.79 Å². The standard InChI is InChI=1S/C18H20BrNO/c1-13-8-11-17(19)16(12-13)18(21)20-14(2)9-10-15-6-4-3-5-7-15/h3-8,11-12,14H,9-10H2,1-2H3,(H,20,21). The van der Waals surface area contributed by atoms with E-state index in [0.717, 1.165) is 22.9 Å². The van der Waals surface area contributed by atoms with E-state index in [0.29, 0.717) is 5.56 Å². The van der Waals surface area contributed by atoms with Crippen molar-refractivity contribution in [2.45, 2.75) is 32.7 Å². The maximum Gasteiger partial charge on any atom is 0.252 e. The van der Waals surface area contributed by atoms with Crippen LogP contribution in [0.4, 0.5) is 0 Å². The molecule has 0 aliphatic rings. The van der Waals surface area contributed by atoms with Crippen LogP contribution in [0.15, 0.2) is 53.0 Å². The van der Waals surface area contributed by atoms with Gasteiger partial charge in [0.1, 0.15) is 0 Å². The maximum atomic E-state index is 12.3. The van der Waals surface area contributed by atoms with Gasteiger partial charge in [0, 0.05) is 10.5 Å². The molecule has 0 saturated carbocycles. The van der Waals surface area contributed by atoms with Crippen molar-refractivity contribution in [1.82, 2.24) is 5.32 Å². The number of aryl methyl sites for hydroxylation is 2. The Bertz CT molecular complexity index is 610. The molecule has 1 unspecified atom stereocenters. The number of nitrogens with one attached hydrogen (secondary N) is 1. The molecule has 110 valence electrons. The van der Waals surface area contributed by atoms with Gasteiger partial charge >= 0.3 is 0 Å². The Morgan fingerprint density at radius 2 is 1.90 bits per heavy atom. The molecule has 2 aromatic carbocycles. The van der Waals surface area contributed by atoms with Gasteiger partial charge in [-0.1, -0.05) is 42.0 Å². The Morgan fingerprint density at radius 1 is 1.19 bits per heavy atom. The highest BCUT2D eigenvalue weighted by atomic mass is 79.9. The number of benzene rings is 2. The van der Waals surface area contributed by atoms with Crippen LogP contribution in [0.25, 0.3) is 0 Å². The summed E-state index contributed by atoms with van der Waals surface area (Å²) < 4.78 is 0.834. The fraction of sp³-hybridized carbons (Fsp3) is 0.278. The van der Waals surface area contributed by atoms with Crippen LogP contribution in [-0.2, 0) is 6.42 Å². The number of hydrogen-bond acceptors (Lipinski definition) is 1. The Hall–Kier alpha value is -1.61. The lowest BCUT2D eigenvalue weighted by atomic mass is 10.1. The third-order valence-electron chi connectivity index (χ3n) is 3.45. The van der Waals surface area contributed by atoms with E-state index in [2.05, 4.69) is 33.4 Å². The predicted octanol–water partition coefficient (Wildman–Crippen LogP) is 4.51. The van der Waals surface area contributed by atoms with Gasteiger partial charge in [-0.15, -0.1) is 0 Å². The van der Waals surface area contributed by atoms with E-state index in [1.807, 2.05) is 50.2 Å². The Balaban J connectivity index is 1.91. The van der Waals surface area contributed by atoms with Crippen molar-refractivity contribution >= 4 is 21.8 Å². The lowest BCUT2D eigenvalue weighted by Gasteiger charge is -2.15. The van der Waals surface area contributed by atoms with Crippen LogP contribution in [0.3, 0.4) is 0 Å². The molecule has 3 heteroatoms. The van der Waals surface area contributed by atoms with Crippen LogP contribution in [0, 0.1) is 6.92 Å². The summed E-state index contributed by atoms with van der Waals surface area (Å²) >= 11 is 3.44. The van der Waals surface area contributed by atoms with Crippen molar-refractivity contribution in [1.29, 1.82) is 0 Å². The Kier molecular flexibility index (Phi) is 5.57. The van der Waals surface area contributed by atoms with Crippen molar-refractivity contribution in [3.63, 3.8) is 0 Å². The number of rotatable bonds is 5. The highest BCUT2D eigenvalue weighted by molar-refractivity contribution is 9.10. The molecule has 2 rings (SSSR count). The van der Waals surface area contributed by atoms with Gasteiger partial charge in [0.25, 0.3) is 5.91 Å². The molecule has 0 heterocycles. The molecule has 0 fully saturated rings. The smallest absolute Gasteiger partial charge is 0.252 e. The van der Waals surface area contributed by atoms with Crippen LogP contribution < -0.4 is 5.32 Å². The number of hydrogen-bond donors (Lipinski definition) is 1. The number of carbonyl (C=O) groups is 1. The number of carbonyl (C=O) groups excluding carboxylic acids is 1. The Labute approximate surface area is 134 Å². The fourth-order valence-corrected chi connectivity index (χ4v) is 2.64. The molecule has 2 aromatic rings. The average molecular weight is 346 g/mol. The van der Waals surface area contributed by atoms with Crippen LogP contribution >= 0.6 is 15.9 Å². The molecule has 1 N–H and O–H groups in total. The van der Waals surface area contributed by atoms with Crippen molar-refractivity contribution in [2.24, 2.45) is 0 Å². The van der Waals surface area contributed by atoms with Crippen molar-refractivity contribution in [2.75, 3.05) is 0 Å². The van der Waals surface area contributed by atoms with E-state index in [1.165, 1.54) is 5.56 Å². The molecule has 0 spiro atoms. The third-order valence-corrected chi connectivity index (χ3v) is 4.14. The highest BCUT2D eigenvalue weighted by Crippen LogP contribution is 2.18. The minimum atomic E-state index is -0.0221. The first-order chi connectivity index (χ1) is 10.1. The molecule has 0 aromatic heterocycles. The van der Waals surface area contributed by atoms with Gasteiger partial charge in [-0.2, -0.15) is 0 Å². The zero-order valence-electron chi connectivity index (χ0n) is 12.4. The maximum absolute atomic E-state index is 12.3.